The fourth-order valence-corrected chi connectivity index (χ4v) is 1.36. The molecule has 0 aliphatic carbocycles. The van der Waals surface area contributed by atoms with Crippen LogP contribution in [-0.2, 0) is 14.3 Å². The molecule has 1 aliphatic heterocycles. The Balaban J connectivity index is 2.45. The fraction of sp³-hybridized carbons (Fsp3) is 0.750. The van der Waals surface area contributed by atoms with Crippen LogP contribution in [0.5, 0.6) is 0 Å². The minimum Gasteiger partial charge on any atom is -0.442 e. The van der Waals surface area contributed by atoms with Gasteiger partial charge in [0.05, 0.1) is 0 Å². The van der Waals surface area contributed by atoms with Crippen LogP contribution in [-0.4, -0.2) is 29.5 Å². The maximum Gasteiger partial charge on any atom is 0.304 e. The lowest BCUT2D eigenvalue weighted by Crippen LogP contribution is -2.36. The van der Waals surface area contributed by atoms with E-state index in [9.17, 15) is 9.59 Å². The predicted octanol–water partition coefficient (Wildman–Crippen LogP) is 0.518. The van der Waals surface area contributed by atoms with Crippen LogP contribution in [0.1, 0.15) is 26.7 Å². The summed E-state index contributed by atoms with van der Waals surface area (Å²) in [5.74, 6) is -0.272. The molecule has 1 saturated heterocycles. The molecule has 1 atom stereocenters. The van der Waals surface area contributed by atoms with Gasteiger partial charge in [-0.25, -0.2) is 0 Å². The Morgan fingerprint density at radius 3 is 2.75 bits per heavy atom. The molecule has 1 unspecified atom stereocenters. The zero-order valence-corrected chi connectivity index (χ0v) is 7.37. The molecule has 4 heteroatoms. The van der Waals surface area contributed by atoms with E-state index in [2.05, 4.69) is 0 Å². The largest absolute Gasteiger partial charge is 0.442 e. The zero-order chi connectivity index (χ0) is 9.14. The van der Waals surface area contributed by atoms with Crippen molar-refractivity contribution in [2.75, 3.05) is 6.54 Å². The summed E-state index contributed by atoms with van der Waals surface area (Å²) in [5.41, 5.74) is 0. The van der Waals surface area contributed by atoms with Gasteiger partial charge in [-0.2, -0.15) is 0 Å². The van der Waals surface area contributed by atoms with Crippen LogP contribution in [0, 0.1) is 0 Å². The standard InChI is InChI=1S/C8H13NO3/c1-6(12-7(2)10)9-5-3-4-8(9)11/h6H,3-5H2,1-2H3. The summed E-state index contributed by atoms with van der Waals surface area (Å²) in [4.78, 5) is 23.3. The van der Waals surface area contributed by atoms with Crippen molar-refractivity contribution in [1.29, 1.82) is 0 Å². The first-order valence-corrected chi connectivity index (χ1v) is 4.08. The van der Waals surface area contributed by atoms with Gasteiger partial charge in [0.15, 0.2) is 6.23 Å². The summed E-state index contributed by atoms with van der Waals surface area (Å²) in [7, 11) is 0. The second kappa shape index (κ2) is 3.56. The molecule has 0 aromatic carbocycles. The number of carbonyl (C=O) groups is 2. The maximum absolute atomic E-state index is 11.1. The highest BCUT2D eigenvalue weighted by Crippen LogP contribution is 2.13. The third kappa shape index (κ3) is 1.96. The number of rotatable bonds is 2. The normalized spacial score (nSPS) is 19.5. The van der Waals surface area contributed by atoms with Crippen molar-refractivity contribution in [2.24, 2.45) is 0 Å². The molecule has 0 aromatic rings. The van der Waals surface area contributed by atoms with Gasteiger partial charge >= 0.3 is 5.97 Å². The first-order valence-electron chi connectivity index (χ1n) is 4.08. The molecule has 12 heavy (non-hydrogen) atoms. The molecule has 1 amide bonds. The van der Waals surface area contributed by atoms with E-state index in [1.54, 1.807) is 11.8 Å². The molecule has 1 heterocycles. The van der Waals surface area contributed by atoms with Crippen molar-refractivity contribution in [3.63, 3.8) is 0 Å². The Labute approximate surface area is 71.5 Å². The van der Waals surface area contributed by atoms with E-state index in [0.717, 1.165) is 6.42 Å². The van der Waals surface area contributed by atoms with Crippen LogP contribution in [0.25, 0.3) is 0 Å². The average Bonchev–Trinajstić information content (AvgIpc) is 2.33. The van der Waals surface area contributed by atoms with Gasteiger partial charge in [-0.1, -0.05) is 0 Å². The molecular formula is C8H13NO3. The Hall–Kier alpha value is -1.06. The van der Waals surface area contributed by atoms with Gasteiger partial charge in [-0.3, -0.25) is 9.59 Å². The molecular weight excluding hydrogens is 158 g/mol. The maximum atomic E-state index is 11.1. The number of amides is 1. The summed E-state index contributed by atoms with van der Waals surface area (Å²) >= 11 is 0. The Bertz CT molecular complexity index is 202. The molecule has 4 nitrogen and oxygen atoms in total. The molecule has 0 radical (unpaired) electrons. The summed E-state index contributed by atoms with van der Waals surface area (Å²) < 4.78 is 4.87. The quantitative estimate of drug-likeness (QED) is 0.569. The van der Waals surface area contributed by atoms with Gasteiger partial charge in [-0.05, 0) is 13.3 Å². The first-order chi connectivity index (χ1) is 5.61. The highest BCUT2D eigenvalue weighted by molar-refractivity contribution is 5.78. The smallest absolute Gasteiger partial charge is 0.304 e. The second-order valence-electron chi connectivity index (χ2n) is 2.90. The Morgan fingerprint density at radius 1 is 1.67 bits per heavy atom. The van der Waals surface area contributed by atoms with E-state index in [-0.39, 0.29) is 11.9 Å². The van der Waals surface area contributed by atoms with Crippen LogP contribution in [0.4, 0.5) is 0 Å². The van der Waals surface area contributed by atoms with E-state index in [0.29, 0.717) is 13.0 Å². The average molecular weight is 171 g/mol. The number of nitrogens with zero attached hydrogens (tertiary/aromatic N) is 1. The van der Waals surface area contributed by atoms with Gasteiger partial charge in [0, 0.05) is 19.9 Å². The lowest BCUT2D eigenvalue weighted by atomic mass is 10.4. The van der Waals surface area contributed by atoms with Gasteiger partial charge in [0.25, 0.3) is 0 Å². The first kappa shape index (κ1) is 9.03. The molecule has 68 valence electrons. The third-order valence-corrected chi connectivity index (χ3v) is 1.89. The fourth-order valence-electron chi connectivity index (χ4n) is 1.36. The summed E-state index contributed by atoms with van der Waals surface area (Å²) in [6.45, 7) is 3.76. The van der Waals surface area contributed by atoms with Gasteiger partial charge in [0.2, 0.25) is 5.91 Å². The lowest BCUT2D eigenvalue weighted by molar-refractivity contribution is -0.158. The van der Waals surface area contributed by atoms with Gasteiger partial charge < -0.3 is 9.64 Å². The SMILES string of the molecule is CC(=O)OC(C)N1CCCC1=O. The van der Waals surface area contributed by atoms with Gasteiger partial charge in [-0.15, -0.1) is 0 Å². The van der Waals surface area contributed by atoms with Crippen LogP contribution in [0.3, 0.4) is 0 Å². The Kier molecular flexibility index (Phi) is 2.68. The van der Waals surface area contributed by atoms with Crippen molar-refractivity contribution in [3.8, 4) is 0 Å². The van der Waals surface area contributed by atoms with Crippen LogP contribution in [0.15, 0.2) is 0 Å². The minimum atomic E-state index is -0.405. The van der Waals surface area contributed by atoms with E-state index < -0.39 is 6.23 Å². The molecule has 0 aromatic heterocycles. The molecule has 1 aliphatic rings. The predicted molar refractivity (Wildman–Crippen MR) is 42.2 cm³/mol. The molecule has 0 N–H and O–H groups in total. The van der Waals surface area contributed by atoms with Crippen LogP contribution >= 0.6 is 0 Å². The van der Waals surface area contributed by atoms with Crippen molar-refractivity contribution in [2.45, 2.75) is 32.9 Å². The number of hydrogen-bond donors (Lipinski definition) is 0. The third-order valence-electron chi connectivity index (χ3n) is 1.89. The van der Waals surface area contributed by atoms with Crippen molar-refractivity contribution >= 4 is 11.9 Å². The van der Waals surface area contributed by atoms with Gasteiger partial charge in [0.1, 0.15) is 0 Å². The number of likely N-dealkylation sites (tertiary alicyclic amines) is 1. The van der Waals surface area contributed by atoms with E-state index in [1.807, 2.05) is 0 Å². The molecule has 0 bridgehead atoms. The highest BCUT2D eigenvalue weighted by Gasteiger charge is 2.26. The van der Waals surface area contributed by atoms with Crippen LogP contribution < -0.4 is 0 Å². The summed E-state index contributed by atoms with van der Waals surface area (Å²) in [6.07, 6.45) is 1.04. The monoisotopic (exact) mass is 171 g/mol. The number of ether oxygens (including phenoxy) is 1. The lowest BCUT2D eigenvalue weighted by Gasteiger charge is -2.23. The topological polar surface area (TPSA) is 46.6 Å². The van der Waals surface area contributed by atoms with Crippen molar-refractivity contribution in [1.82, 2.24) is 4.90 Å². The van der Waals surface area contributed by atoms with Crippen LogP contribution in [0.2, 0.25) is 0 Å². The highest BCUT2D eigenvalue weighted by atomic mass is 16.6. The van der Waals surface area contributed by atoms with Crippen molar-refractivity contribution < 1.29 is 14.3 Å². The van der Waals surface area contributed by atoms with E-state index in [4.69, 9.17) is 4.74 Å². The Morgan fingerprint density at radius 2 is 2.33 bits per heavy atom. The van der Waals surface area contributed by atoms with E-state index >= 15 is 0 Å². The second-order valence-corrected chi connectivity index (χ2v) is 2.90. The zero-order valence-electron chi connectivity index (χ0n) is 7.37. The molecule has 0 saturated carbocycles. The summed E-state index contributed by atoms with van der Waals surface area (Å²) in [5, 5.41) is 0. The number of carbonyl (C=O) groups excluding carboxylic acids is 2. The molecule has 1 fully saturated rings. The van der Waals surface area contributed by atoms with E-state index in [1.165, 1.54) is 6.92 Å². The molecule has 0 spiro atoms. The number of esters is 1. The molecule has 1 rings (SSSR count). The van der Waals surface area contributed by atoms with Crippen molar-refractivity contribution in [3.05, 3.63) is 0 Å². The minimum absolute atomic E-state index is 0.0729. The summed E-state index contributed by atoms with van der Waals surface area (Å²) in [6, 6.07) is 0. The number of hydrogen-bond acceptors (Lipinski definition) is 3.